The highest BCUT2D eigenvalue weighted by molar-refractivity contribution is 5.69. The van der Waals surface area contributed by atoms with Crippen molar-refractivity contribution in [1.82, 2.24) is 0 Å². The fourth-order valence-electron chi connectivity index (χ4n) is 11.2. The quantitative estimate of drug-likeness (QED) is 0.0948. The molecule has 9 atom stereocenters. The molecule has 0 amide bonds. The molecule has 248 valence electrons. The van der Waals surface area contributed by atoms with Crippen LogP contribution < -0.4 is 0 Å². The Kier molecular flexibility index (Phi) is 13.2. The third-order valence-corrected chi connectivity index (χ3v) is 14.1. The molecule has 0 unspecified atom stereocenters. The Morgan fingerprint density at radius 1 is 0.860 bits per heavy atom. The molecule has 0 bridgehead atoms. The van der Waals surface area contributed by atoms with Crippen molar-refractivity contribution >= 4 is 5.97 Å². The molecule has 0 spiro atoms. The third kappa shape index (κ3) is 8.33. The van der Waals surface area contributed by atoms with E-state index in [0.29, 0.717) is 17.3 Å². The lowest BCUT2D eigenvalue weighted by Crippen LogP contribution is -2.51. The minimum atomic E-state index is 0.0593. The van der Waals surface area contributed by atoms with Gasteiger partial charge >= 0.3 is 5.97 Å². The maximum Gasteiger partial charge on any atom is 0.306 e. The Labute approximate surface area is 268 Å². The van der Waals surface area contributed by atoms with E-state index in [4.69, 9.17) is 4.74 Å². The normalized spacial score (nSPS) is 35.1. The lowest BCUT2D eigenvalue weighted by molar-refractivity contribution is -0.151. The number of hydrogen-bond acceptors (Lipinski definition) is 2. The topological polar surface area (TPSA) is 26.3 Å². The van der Waals surface area contributed by atoms with E-state index < -0.39 is 0 Å². The van der Waals surface area contributed by atoms with Crippen LogP contribution in [0.3, 0.4) is 0 Å². The molecule has 4 aliphatic carbocycles. The Bertz CT molecular complexity index is 888. The summed E-state index contributed by atoms with van der Waals surface area (Å²) >= 11 is 0. The molecule has 0 aromatic rings. The number of unbranched alkanes of at least 4 members (excludes halogenated alkanes) is 8. The van der Waals surface area contributed by atoms with Gasteiger partial charge in [0, 0.05) is 12.8 Å². The molecule has 3 saturated carbocycles. The molecule has 0 saturated heterocycles. The van der Waals surface area contributed by atoms with Crippen LogP contribution in [0.25, 0.3) is 0 Å². The Morgan fingerprint density at radius 3 is 2.23 bits per heavy atom. The van der Waals surface area contributed by atoms with E-state index in [2.05, 4.69) is 54.5 Å². The Balaban J connectivity index is 1.25. The molecule has 2 heteroatoms. The van der Waals surface area contributed by atoms with Crippen molar-refractivity contribution in [2.75, 3.05) is 0 Å². The average molecular weight is 597 g/mol. The Hall–Kier alpha value is -0.790. The first-order valence-electron chi connectivity index (χ1n) is 19.5. The van der Waals surface area contributed by atoms with Crippen molar-refractivity contribution in [3.05, 3.63) is 11.6 Å². The lowest BCUT2D eigenvalue weighted by Gasteiger charge is -2.58. The molecule has 0 radical (unpaired) electrons. The van der Waals surface area contributed by atoms with Crippen LogP contribution in [0.5, 0.6) is 0 Å². The number of fused-ring (bicyclic) bond motifs is 5. The van der Waals surface area contributed by atoms with Gasteiger partial charge in [-0.05, 0) is 110 Å². The van der Waals surface area contributed by atoms with Gasteiger partial charge in [0.05, 0.1) is 0 Å². The van der Waals surface area contributed by atoms with E-state index in [1.54, 1.807) is 5.57 Å². The summed E-state index contributed by atoms with van der Waals surface area (Å²) in [5.41, 5.74) is 2.52. The summed E-state index contributed by atoms with van der Waals surface area (Å²) in [5, 5.41) is 0. The number of rotatable bonds is 17. The SMILES string of the molecule is CCCCCCCCCCCC(=O)O[C@H]1CC[C@@]2(C)C(=CC[C@H]3[C@@H]4CC[C@H]([C@H](C)CC[C@@H](CC)C(C)C)[C@@]4(C)CC[C@@H]32)C1. The summed E-state index contributed by atoms with van der Waals surface area (Å²) in [6, 6.07) is 0. The van der Waals surface area contributed by atoms with E-state index in [1.807, 2.05) is 0 Å². The van der Waals surface area contributed by atoms with Gasteiger partial charge < -0.3 is 4.74 Å². The summed E-state index contributed by atoms with van der Waals surface area (Å²) < 4.78 is 6.10. The van der Waals surface area contributed by atoms with Gasteiger partial charge in [0.2, 0.25) is 0 Å². The summed E-state index contributed by atoms with van der Waals surface area (Å²) in [6.07, 6.45) is 29.5. The second kappa shape index (κ2) is 16.2. The standard InChI is InChI=1S/C41H72O2/c1-8-10-11-12-13-14-15-16-17-18-39(42)43-34-25-27-40(6)33(29-34)21-22-35-37-24-23-36(41(37,7)28-26-38(35)40)31(5)19-20-32(9-2)30(3)4/h21,30-32,34-38H,8-20,22-29H2,1-7H3/t31-,32-,34+,35+,36-,37+,38+,40+,41-/m1/s1. The van der Waals surface area contributed by atoms with Gasteiger partial charge in [-0.25, -0.2) is 0 Å². The van der Waals surface area contributed by atoms with E-state index in [9.17, 15) is 4.79 Å². The maximum atomic E-state index is 12.7. The first-order valence-corrected chi connectivity index (χ1v) is 19.5. The highest BCUT2D eigenvalue weighted by atomic mass is 16.5. The molecular formula is C41H72O2. The van der Waals surface area contributed by atoms with Gasteiger partial charge in [0.15, 0.2) is 0 Å². The zero-order chi connectivity index (χ0) is 31.0. The van der Waals surface area contributed by atoms with Gasteiger partial charge in [-0.15, -0.1) is 0 Å². The summed E-state index contributed by atoms with van der Waals surface area (Å²) in [4.78, 5) is 12.7. The number of carbonyl (C=O) groups excluding carboxylic acids is 1. The molecule has 0 aromatic carbocycles. The van der Waals surface area contributed by atoms with Crippen molar-refractivity contribution in [2.45, 2.75) is 189 Å². The molecule has 4 rings (SSSR count). The van der Waals surface area contributed by atoms with Crippen LogP contribution in [0.15, 0.2) is 11.6 Å². The molecule has 4 aliphatic rings. The summed E-state index contributed by atoms with van der Waals surface area (Å²) in [7, 11) is 0. The molecule has 0 aromatic heterocycles. The second-order valence-electron chi connectivity index (χ2n) is 16.9. The van der Waals surface area contributed by atoms with E-state index in [1.165, 1.54) is 109 Å². The van der Waals surface area contributed by atoms with Crippen LogP contribution in [0.2, 0.25) is 0 Å². The molecule has 3 fully saturated rings. The highest BCUT2D eigenvalue weighted by Crippen LogP contribution is 2.67. The maximum absolute atomic E-state index is 12.7. The summed E-state index contributed by atoms with van der Waals surface area (Å²) in [5.74, 6) is 6.18. The highest BCUT2D eigenvalue weighted by Gasteiger charge is 2.59. The van der Waals surface area contributed by atoms with E-state index >= 15 is 0 Å². The number of esters is 1. The van der Waals surface area contributed by atoms with Crippen LogP contribution in [0.1, 0.15) is 183 Å². The van der Waals surface area contributed by atoms with Gasteiger partial charge in [-0.3, -0.25) is 4.79 Å². The molecular weight excluding hydrogens is 524 g/mol. The zero-order valence-electron chi connectivity index (χ0n) is 29.9. The molecule has 2 nitrogen and oxygen atoms in total. The Morgan fingerprint density at radius 2 is 1.56 bits per heavy atom. The van der Waals surface area contributed by atoms with Crippen LogP contribution in [-0.2, 0) is 9.53 Å². The minimum absolute atomic E-state index is 0.0593. The second-order valence-corrected chi connectivity index (χ2v) is 16.9. The molecule has 0 N–H and O–H groups in total. The van der Waals surface area contributed by atoms with Gasteiger partial charge in [0.1, 0.15) is 6.10 Å². The molecule has 0 heterocycles. The van der Waals surface area contributed by atoms with Crippen molar-refractivity contribution in [3.8, 4) is 0 Å². The fourth-order valence-corrected chi connectivity index (χ4v) is 11.2. The van der Waals surface area contributed by atoms with Crippen molar-refractivity contribution in [1.29, 1.82) is 0 Å². The largest absolute Gasteiger partial charge is 0.462 e. The van der Waals surface area contributed by atoms with Gasteiger partial charge in [0.25, 0.3) is 0 Å². The predicted octanol–water partition coefficient (Wildman–Crippen LogP) is 12.5. The van der Waals surface area contributed by atoms with Crippen molar-refractivity contribution in [2.24, 2.45) is 52.3 Å². The lowest BCUT2D eigenvalue weighted by atomic mass is 9.47. The number of ether oxygens (including phenoxy) is 1. The third-order valence-electron chi connectivity index (χ3n) is 14.1. The van der Waals surface area contributed by atoms with Crippen LogP contribution in [-0.4, -0.2) is 12.1 Å². The smallest absolute Gasteiger partial charge is 0.306 e. The summed E-state index contributed by atoms with van der Waals surface area (Å²) in [6.45, 7) is 17.4. The van der Waals surface area contributed by atoms with Crippen LogP contribution >= 0.6 is 0 Å². The number of carbonyl (C=O) groups is 1. The van der Waals surface area contributed by atoms with Crippen LogP contribution in [0.4, 0.5) is 0 Å². The fraction of sp³-hybridized carbons (Fsp3) is 0.927. The number of allylic oxidation sites excluding steroid dienone is 1. The van der Waals surface area contributed by atoms with Crippen LogP contribution in [0, 0.1) is 52.3 Å². The van der Waals surface area contributed by atoms with E-state index in [0.717, 1.165) is 60.7 Å². The first-order chi connectivity index (χ1) is 20.6. The average Bonchev–Trinajstić information content (AvgIpc) is 3.34. The zero-order valence-corrected chi connectivity index (χ0v) is 29.9. The predicted molar refractivity (Wildman–Crippen MR) is 184 cm³/mol. The van der Waals surface area contributed by atoms with Gasteiger partial charge in [-0.1, -0.05) is 124 Å². The minimum Gasteiger partial charge on any atom is -0.462 e. The van der Waals surface area contributed by atoms with Crippen molar-refractivity contribution in [3.63, 3.8) is 0 Å². The number of hydrogen-bond donors (Lipinski definition) is 0. The van der Waals surface area contributed by atoms with Crippen molar-refractivity contribution < 1.29 is 9.53 Å². The van der Waals surface area contributed by atoms with E-state index in [-0.39, 0.29) is 12.1 Å². The first kappa shape index (κ1) is 35.1. The molecule has 0 aliphatic heterocycles. The van der Waals surface area contributed by atoms with Gasteiger partial charge in [-0.2, -0.15) is 0 Å². The molecule has 43 heavy (non-hydrogen) atoms. The monoisotopic (exact) mass is 597 g/mol.